The molecular formula is C19H24N4S. The van der Waals surface area contributed by atoms with Crippen molar-refractivity contribution in [3.63, 3.8) is 0 Å². The standard InChI is InChI=1S/C19H24N4S/c1-12-9-13(2)17-16(10-12)14(3)18(24-17)15(4)20-11-19(5-6-19)23-8-7-21-22-23/h7-10,15,20H,5-6,11H2,1-4H3. The van der Waals surface area contributed by atoms with Crippen LogP contribution in [0.15, 0.2) is 24.5 Å². The molecule has 3 aromatic rings. The molecule has 0 spiro atoms. The van der Waals surface area contributed by atoms with Gasteiger partial charge in [-0.2, -0.15) is 0 Å². The summed E-state index contributed by atoms with van der Waals surface area (Å²) in [6.45, 7) is 9.88. The van der Waals surface area contributed by atoms with Crippen molar-refractivity contribution >= 4 is 21.4 Å². The average Bonchev–Trinajstić information content (AvgIpc) is 2.98. The first kappa shape index (κ1) is 15.8. The number of aromatic nitrogens is 3. The average molecular weight is 340 g/mol. The second-order valence-corrected chi connectivity index (χ2v) is 8.28. The predicted molar refractivity (Wildman–Crippen MR) is 99.7 cm³/mol. The third-order valence-corrected chi connectivity index (χ3v) is 6.90. The fraction of sp³-hybridized carbons (Fsp3) is 0.474. The van der Waals surface area contributed by atoms with Crippen molar-refractivity contribution in [2.45, 2.75) is 52.1 Å². The van der Waals surface area contributed by atoms with Crippen LogP contribution in [0.4, 0.5) is 0 Å². The quantitative estimate of drug-likeness (QED) is 0.755. The van der Waals surface area contributed by atoms with Crippen LogP contribution >= 0.6 is 11.3 Å². The van der Waals surface area contributed by atoms with E-state index >= 15 is 0 Å². The van der Waals surface area contributed by atoms with Crippen LogP contribution in [0, 0.1) is 20.8 Å². The van der Waals surface area contributed by atoms with Crippen LogP contribution in [-0.2, 0) is 5.54 Å². The molecule has 1 aliphatic carbocycles. The Hall–Kier alpha value is -1.72. The van der Waals surface area contributed by atoms with Gasteiger partial charge in [0.1, 0.15) is 0 Å². The van der Waals surface area contributed by atoms with Crippen LogP contribution < -0.4 is 5.32 Å². The zero-order valence-electron chi connectivity index (χ0n) is 14.8. The Labute approximate surface area is 146 Å². The fourth-order valence-electron chi connectivity index (χ4n) is 3.63. The molecule has 0 aliphatic heterocycles. The molecular weight excluding hydrogens is 316 g/mol. The monoisotopic (exact) mass is 340 g/mol. The summed E-state index contributed by atoms with van der Waals surface area (Å²) in [5.74, 6) is 0. The molecule has 126 valence electrons. The van der Waals surface area contributed by atoms with Gasteiger partial charge in [0.15, 0.2) is 0 Å². The van der Waals surface area contributed by atoms with E-state index in [2.05, 4.69) is 55.5 Å². The molecule has 1 unspecified atom stereocenters. The smallest absolute Gasteiger partial charge is 0.0771 e. The highest BCUT2D eigenvalue weighted by Gasteiger charge is 2.45. The number of hydrogen-bond donors (Lipinski definition) is 1. The van der Waals surface area contributed by atoms with Gasteiger partial charge in [0.25, 0.3) is 0 Å². The molecule has 1 fully saturated rings. The molecule has 1 saturated carbocycles. The van der Waals surface area contributed by atoms with Crippen LogP contribution in [-0.4, -0.2) is 21.5 Å². The van der Waals surface area contributed by atoms with Gasteiger partial charge in [-0.3, -0.25) is 0 Å². The van der Waals surface area contributed by atoms with Crippen LogP contribution in [0.3, 0.4) is 0 Å². The van der Waals surface area contributed by atoms with E-state index in [9.17, 15) is 0 Å². The van der Waals surface area contributed by atoms with E-state index in [0.717, 1.165) is 6.54 Å². The van der Waals surface area contributed by atoms with Crippen LogP contribution in [0.25, 0.3) is 10.1 Å². The maximum Gasteiger partial charge on any atom is 0.0771 e. The van der Waals surface area contributed by atoms with E-state index in [-0.39, 0.29) is 5.54 Å². The SMILES string of the molecule is Cc1cc(C)c2sc(C(C)NCC3(n4ccnn4)CC3)c(C)c2c1. The Bertz CT molecular complexity index is 875. The molecule has 4 nitrogen and oxygen atoms in total. The summed E-state index contributed by atoms with van der Waals surface area (Å²) in [6.07, 6.45) is 6.11. The van der Waals surface area contributed by atoms with Gasteiger partial charge in [0, 0.05) is 28.4 Å². The van der Waals surface area contributed by atoms with Crippen molar-refractivity contribution in [2.75, 3.05) is 6.54 Å². The molecule has 1 aliphatic rings. The first-order valence-electron chi connectivity index (χ1n) is 8.61. The molecule has 2 aromatic heterocycles. The number of hydrogen-bond acceptors (Lipinski definition) is 4. The minimum Gasteiger partial charge on any atom is -0.307 e. The molecule has 0 amide bonds. The fourth-order valence-corrected chi connectivity index (χ4v) is 4.91. The maximum absolute atomic E-state index is 4.20. The molecule has 0 bridgehead atoms. The zero-order chi connectivity index (χ0) is 16.9. The van der Waals surface area contributed by atoms with Gasteiger partial charge in [-0.1, -0.05) is 22.9 Å². The summed E-state index contributed by atoms with van der Waals surface area (Å²) in [6, 6.07) is 4.95. The molecule has 2 heterocycles. The normalized spacial score (nSPS) is 17.3. The van der Waals surface area contributed by atoms with E-state index < -0.39 is 0 Å². The summed E-state index contributed by atoms with van der Waals surface area (Å²) in [4.78, 5) is 1.45. The summed E-state index contributed by atoms with van der Waals surface area (Å²) < 4.78 is 3.46. The second-order valence-electron chi connectivity index (χ2n) is 7.22. The first-order chi connectivity index (χ1) is 11.5. The molecule has 4 rings (SSSR count). The van der Waals surface area contributed by atoms with Crippen LogP contribution in [0.1, 0.15) is 47.4 Å². The lowest BCUT2D eigenvalue weighted by molar-refractivity contribution is 0.375. The highest BCUT2D eigenvalue weighted by atomic mass is 32.1. The number of aryl methyl sites for hydroxylation is 3. The summed E-state index contributed by atoms with van der Waals surface area (Å²) in [7, 11) is 0. The van der Waals surface area contributed by atoms with Crippen LogP contribution in [0.5, 0.6) is 0 Å². The Morgan fingerprint density at radius 1 is 1.29 bits per heavy atom. The summed E-state index contributed by atoms with van der Waals surface area (Å²) in [5, 5.41) is 13.3. The molecule has 0 radical (unpaired) electrons. The second kappa shape index (κ2) is 5.67. The summed E-state index contributed by atoms with van der Waals surface area (Å²) >= 11 is 1.94. The highest BCUT2D eigenvalue weighted by Crippen LogP contribution is 2.43. The molecule has 1 aromatic carbocycles. The lowest BCUT2D eigenvalue weighted by Gasteiger charge is -2.20. The van der Waals surface area contributed by atoms with Gasteiger partial charge in [-0.25, -0.2) is 4.68 Å². The molecule has 24 heavy (non-hydrogen) atoms. The van der Waals surface area contributed by atoms with Crippen molar-refractivity contribution in [1.29, 1.82) is 0 Å². The third kappa shape index (κ3) is 2.56. The number of rotatable bonds is 5. The molecule has 0 saturated heterocycles. The van der Waals surface area contributed by atoms with Crippen molar-refractivity contribution in [3.8, 4) is 0 Å². The van der Waals surface area contributed by atoms with Crippen molar-refractivity contribution in [3.05, 3.63) is 46.1 Å². The maximum atomic E-state index is 4.20. The Morgan fingerprint density at radius 2 is 2.08 bits per heavy atom. The minimum absolute atomic E-state index is 0.141. The predicted octanol–water partition coefficient (Wildman–Crippen LogP) is 4.26. The van der Waals surface area contributed by atoms with E-state index in [1.54, 1.807) is 6.20 Å². The largest absolute Gasteiger partial charge is 0.307 e. The molecule has 5 heteroatoms. The summed E-state index contributed by atoms with van der Waals surface area (Å²) in [5.41, 5.74) is 4.29. The third-order valence-electron chi connectivity index (χ3n) is 5.27. The van der Waals surface area contributed by atoms with E-state index in [4.69, 9.17) is 0 Å². The molecule has 1 N–H and O–H groups in total. The highest BCUT2D eigenvalue weighted by molar-refractivity contribution is 7.19. The Morgan fingerprint density at radius 3 is 2.75 bits per heavy atom. The van der Waals surface area contributed by atoms with Gasteiger partial charge in [0.05, 0.1) is 11.7 Å². The van der Waals surface area contributed by atoms with Crippen molar-refractivity contribution < 1.29 is 0 Å². The zero-order valence-corrected chi connectivity index (χ0v) is 15.6. The van der Waals surface area contributed by atoms with E-state index in [1.807, 2.05) is 22.2 Å². The van der Waals surface area contributed by atoms with Crippen molar-refractivity contribution in [1.82, 2.24) is 20.3 Å². The Balaban J connectivity index is 1.57. The number of fused-ring (bicyclic) bond motifs is 1. The van der Waals surface area contributed by atoms with Gasteiger partial charge in [-0.05, 0) is 57.0 Å². The Kier molecular flexibility index (Phi) is 3.73. The lowest BCUT2D eigenvalue weighted by atomic mass is 10.0. The van der Waals surface area contributed by atoms with E-state index in [1.165, 1.54) is 44.5 Å². The van der Waals surface area contributed by atoms with Gasteiger partial charge < -0.3 is 5.32 Å². The lowest BCUT2D eigenvalue weighted by Crippen LogP contribution is -2.33. The number of thiophene rings is 1. The van der Waals surface area contributed by atoms with E-state index in [0.29, 0.717) is 6.04 Å². The van der Waals surface area contributed by atoms with Crippen molar-refractivity contribution in [2.24, 2.45) is 0 Å². The first-order valence-corrected chi connectivity index (χ1v) is 9.42. The number of nitrogens with zero attached hydrogens (tertiary/aromatic N) is 3. The van der Waals surface area contributed by atoms with Gasteiger partial charge in [-0.15, -0.1) is 16.4 Å². The van der Waals surface area contributed by atoms with Gasteiger partial charge >= 0.3 is 0 Å². The minimum atomic E-state index is 0.141. The van der Waals surface area contributed by atoms with Crippen LogP contribution in [0.2, 0.25) is 0 Å². The van der Waals surface area contributed by atoms with Gasteiger partial charge in [0.2, 0.25) is 0 Å². The topological polar surface area (TPSA) is 42.7 Å². The number of benzene rings is 1. The molecule has 1 atom stereocenters. The number of nitrogens with one attached hydrogen (secondary N) is 1.